The SMILES string of the molecule is CCOC(=O)Cc1csc(NN=Cc2cc(Br)c(OC(C)C)c(OC)c2)n1. The van der Waals surface area contributed by atoms with Crippen LogP contribution in [0.4, 0.5) is 5.13 Å². The number of thiazole rings is 1. The lowest BCUT2D eigenvalue weighted by atomic mass is 10.2. The summed E-state index contributed by atoms with van der Waals surface area (Å²) in [7, 11) is 1.59. The van der Waals surface area contributed by atoms with E-state index in [4.69, 9.17) is 14.2 Å². The highest BCUT2D eigenvalue weighted by Crippen LogP contribution is 2.37. The summed E-state index contributed by atoms with van der Waals surface area (Å²) >= 11 is 4.87. The molecule has 0 bridgehead atoms. The van der Waals surface area contributed by atoms with Crippen molar-refractivity contribution >= 4 is 44.6 Å². The molecule has 0 amide bonds. The number of ether oxygens (including phenoxy) is 3. The number of anilines is 1. The molecule has 146 valence electrons. The zero-order valence-electron chi connectivity index (χ0n) is 15.6. The van der Waals surface area contributed by atoms with Gasteiger partial charge in [-0.05, 0) is 54.4 Å². The normalized spacial score (nSPS) is 11.0. The van der Waals surface area contributed by atoms with E-state index in [1.807, 2.05) is 26.0 Å². The minimum absolute atomic E-state index is 0.0325. The summed E-state index contributed by atoms with van der Waals surface area (Å²) in [5.74, 6) is 0.977. The standard InChI is InChI=1S/C18H22BrN3O4S/c1-5-25-16(23)8-13-10-27-18(21-13)22-20-9-12-6-14(19)17(26-11(2)3)15(7-12)24-4/h6-7,9-11H,5,8H2,1-4H3,(H,21,22). The number of benzene rings is 1. The Labute approximate surface area is 170 Å². The summed E-state index contributed by atoms with van der Waals surface area (Å²) in [5.41, 5.74) is 4.33. The van der Waals surface area contributed by atoms with Gasteiger partial charge in [-0.25, -0.2) is 4.98 Å². The fraction of sp³-hybridized carbons (Fsp3) is 0.389. The lowest BCUT2D eigenvalue weighted by Crippen LogP contribution is -2.07. The lowest BCUT2D eigenvalue weighted by molar-refractivity contribution is -0.142. The molecule has 1 aromatic carbocycles. The molecule has 0 fully saturated rings. The van der Waals surface area contributed by atoms with Crippen molar-refractivity contribution in [2.24, 2.45) is 5.10 Å². The summed E-state index contributed by atoms with van der Waals surface area (Å²) in [5, 5.41) is 6.58. The maximum Gasteiger partial charge on any atom is 0.311 e. The van der Waals surface area contributed by atoms with Crippen LogP contribution in [0.5, 0.6) is 11.5 Å². The molecule has 27 heavy (non-hydrogen) atoms. The van der Waals surface area contributed by atoms with Crippen molar-refractivity contribution in [2.75, 3.05) is 19.1 Å². The number of nitrogens with one attached hydrogen (secondary N) is 1. The van der Waals surface area contributed by atoms with Crippen molar-refractivity contribution < 1.29 is 19.0 Å². The number of hydrazone groups is 1. The van der Waals surface area contributed by atoms with Crippen molar-refractivity contribution in [3.63, 3.8) is 0 Å². The van der Waals surface area contributed by atoms with E-state index < -0.39 is 0 Å². The zero-order valence-corrected chi connectivity index (χ0v) is 18.0. The second-order valence-electron chi connectivity index (χ2n) is 5.70. The van der Waals surface area contributed by atoms with E-state index in [9.17, 15) is 4.79 Å². The number of carbonyl (C=O) groups excluding carboxylic acids is 1. The van der Waals surface area contributed by atoms with E-state index in [2.05, 4.69) is 31.4 Å². The van der Waals surface area contributed by atoms with Crippen LogP contribution in [-0.4, -0.2) is 37.0 Å². The summed E-state index contributed by atoms with van der Waals surface area (Å²) in [6, 6.07) is 3.72. The minimum Gasteiger partial charge on any atom is -0.493 e. The highest BCUT2D eigenvalue weighted by Gasteiger charge is 2.12. The lowest BCUT2D eigenvalue weighted by Gasteiger charge is -2.15. The van der Waals surface area contributed by atoms with Gasteiger partial charge in [0.15, 0.2) is 11.5 Å². The highest BCUT2D eigenvalue weighted by molar-refractivity contribution is 9.10. The predicted molar refractivity (Wildman–Crippen MR) is 110 cm³/mol. The first-order valence-corrected chi connectivity index (χ1v) is 10.0. The summed E-state index contributed by atoms with van der Waals surface area (Å²) in [4.78, 5) is 15.8. The molecule has 0 aliphatic rings. The molecule has 0 spiro atoms. The van der Waals surface area contributed by atoms with E-state index in [0.717, 1.165) is 10.0 Å². The quantitative estimate of drug-likeness (QED) is 0.345. The monoisotopic (exact) mass is 455 g/mol. The number of halogens is 1. The summed E-state index contributed by atoms with van der Waals surface area (Å²) in [6.45, 7) is 6.04. The molecular weight excluding hydrogens is 434 g/mol. The van der Waals surface area contributed by atoms with Crippen LogP contribution in [0.3, 0.4) is 0 Å². The molecule has 0 atom stereocenters. The van der Waals surface area contributed by atoms with Gasteiger partial charge in [0.2, 0.25) is 5.13 Å². The van der Waals surface area contributed by atoms with Gasteiger partial charge in [-0.15, -0.1) is 11.3 Å². The van der Waals surface area contributed by atoms with Gasteiger partial charge in [-0.1, -0.05) is 0 Å². The Hall–Kier alpha value is -2.13. The summed E-state index contributed by atoms with van der Waals surface area (Å²) in [6.07, 6.45) is 1.83. The predicted octanol–water partition coefficient (Wildman–Crippen LogP) is 4.25. The van der Waals surface area contributed by atoms with Gasteiger partial charge in [0.25, 0.3) is 0 Å². The van der Waals surface area contributed by atoms with Gasteiger partial charge < -0.3 is 14.2 Å². The third kappa shape index (κ3) is 6.51. The van der Waals surface area contributed by atoms with Gasteiger partial charge >= 0.3 is 5.97 Å². The molecule has 2 aromatic rings. The molecule has 1 aromatic heterocycles. The Morgan fingerprint density at radius 1 is 1.44 bits per heavy atom. The fourth-order valence-corrected chi connectivity index (χ4v) is 3.34. The molecule has 0 saturated carbocycles. The van der Waals surface area contributed by atoms with Gasteiger partial charge in [0.05, 0.1) is 42.6 Å². The number of esters is 1. The average Bonchev–Trinajstić information content (AvgIpc) is 3.04. The van der Waals surface area contributed by atoms with E-state index in [0.29, 0.717) is 28.9 Å². The van der Waals surface area contributed by atoms with Crippen LogP contribution >= 0.6 is 27.3 Å². The average molecular weight is 456 g/mol. The van der Waals surface area contributed by atoms with Crippen molar-refractivity contribution in [3.05, 3.63) is 33.2 Å². The third-order valence-corrected chi connectivity index (χ3v) is 4.55. The molecular formula is C18H22BrN3O4S. The molecule has 7 nitrogen and oxygen atoms in total. The number of aromatic nitrogens is 1. The Balaban J connectivity index is 2.03. The van der Waals surface area contributed by atoms with Crippen LogP contribution in [0, 0.1) is 0 Å². The van der Waals surface area contributed by atoms with Crippen LogP contribution < -0.4 is 14.9 Å². The summed E-state index contributed by atoms with van der Waals surface area (Å²) < 4.78 is 16.9. The molecule has 9 heteroatoms. The van der Waals surface area contributed by atoms with E-state index in [1.165, 1.54) is 11.3 Å². The zero-order chi connectivity index (χ0) is 19.8. The first-order valence-electron chi connectivity index (χ1n) is 8.36. The molecule has 0 unspecified atom stereocenters. The highest BCUT2D eigenvalue weighted by atomic mass is 79.9. The Bertz CT molecular complexity index is 808. The second-order valence-corrected chi connectivity index (χ2v) is 7.41. The molecule has 0 saturated heterocycles. The van der Waals surface area contributed by atoms with Gasteiger partial charge in [-0.3, -0.25) is 10.2 Å². The van der Waals surface area contributed by atoms with Gasteiger partial charge in [-0.2, -0.15) is 5.10 Å². The smallest absolute Gasteiger partial charge is 0.311 e. The van der Waals surface area contributed by atoms with Crippen LogP contribution in [0.1, 0.15) is 32.0 Å². The van der Waals surface area contributed by atoms with Crippen LogP contribution in [0.15, 0.2) is 27.1 Å². The van der Waals surface area contributed by atoms with Crippen LogP contribution in [-0.2, 0) is 16.0 Å². The Kier molecular flexibility index (Phi) is 8.05. The van der Waals surface area contributed by atoms with Crippen molar-refractivity contribution in [1.29, 1.82) is 0 Å². The number of carbonyl (C=O) groups is 1. The molecule has 0 aliphatic heterocycles. The molecule has 1 heterocycles. The molecule has 0 aliphatic carbocycles. The van der Waals surface area contributed by atoms with Crippen molar-refractivity contribution in [2.45, 2.75) is 33.3 Å². The topological polar surface area (TPSA) is 82.0 Å². The maximum atomic E-state index is 11.5. The minimum atomic E-state index is -0.293. The third-order valence-electron chi connectivity index (χ3n) is 3.16. The number of hydrogen-bond acceptors (Lipinski definition) is 8. The van der Waals surface area contributed by atoms with Gasteiger partial charge in [0, 0.05) is 5.38 Å². The van der Waals surface area contributed by atoms with Gasteiger partial charge in [0.1, 0.15) is 0 Å². The fourth-order valence-electron chi connectivity index (χ4n) is 2.13. The molecule has 0 radical (unpaired) electrons. The number of hydrogen-bond donors (Lipinski definition) is 1. The van der Waals surface area contributed by atoms with E-state index >= 15 is 0 Å². The first kappa shape index (κ1) is 21.2. The van der Waals surface area contributed by atoms with Crippen molar-refractivity contribution in [3.8, 4) is 11.5 Å². The van der Waals surface area contributed by atoms with E-state index in [-0.39, 0.29) is 18.5 Å². The van der Waals surface area contributed by atoms with Crippen LogP contribution in [0.25, 0.3) is 0 Å². The molecule has 1 N–H and O–H groups in total. The first-order chi connectivity index (χ1) is 12.9. The Morgan fingerprint density at radius 2 is 2.22 bits per heavy atom. The number of nitrogens with zero attached hydrogens (tertiary/aromatic N) is 2. The Morgan fingerprint density at radius 3 is 2.89 bits per heavy atom. The number of rotatable bonds is 9. The number of methoxy groups -OCH3 is 1. The largest absolute Gasteiger partial charge is 0.493 e. The maximum absolute atomic E-state index is 11.5. The second kappa shape index (κ2) is 10.3. The van der Waals surface area contributed by atoms with Crippen LogP contribution in [0.2, 0.25) is 0 Å². The van der Waals surface area contributed by atoms with E-state index in [1.54, 1.807) is 25.6 Å². The molecule has 2 rings (SSSR count). The van der Waals surface area contributed by atoms with Crippen molar-refractivity contribution in [1.82, 2.24) is 4.98 Å².